The second-order valence-corrected chi connectivity index (χ2v) is 21.8. The minimum atomic E-state index is -0.826. The number of rotatable bonds is 6. The van der Waals surface area contributed by atoms with Gasteiger partial charge in [0, 0.05) is 9.52 Å². The zero-order chi connectivity index (χ0) is 38.9. The van der Waals surface area contributed by atoms with Crippen LogP contribution in [-0.2, 0) is 33.7 Å². The predicted molar refractivity (Wildman–Crippen MR) is 239 cm³/mol. The van der Waals surface area contributed by atoms with Gasteiger partial charge < -0.3 is 0 Å². The van der Waals surface area contributed by atoms with Crippen molar-refractivity contribution in [3.8, 4) is 22.3 Å². The van der Waals surface area contributed by atoms with Gasteiger partial charge in [-0.25, -0.2) is 0 Å². The molecular weight excluding hydrogens is 791 g/mol. The summed E-state index contributed by atoms with van der Waals surface area (Å²) < 4.78 is 0. The molecule has 0 amide bonds. The Bertz CT molecular complexity index is 1910. The van der Waals surface area contributed by atoms with Crippen LogP contribution < -0.4 is 0 Å². The molecule has 2 fully saturated rings. The Hall–Kier alpha value is -2.22. The SMILES string of the molecule is C[Si]C.Cc1cc(C)cc(-c2cccc3[cH-]c(CC4(C)CCCC4)cc23)c1.Cc1cc(C)cc(-c2cccc3[cH-]c(CC4(C)CCCC4)cc23)c1.[Cl][Zr+2][Cl]. The minimum absolute atomic E-state index is 0.518. The molecule has 2 saturated carbocycles. The molecule has 0 unspecified atom stereocenters. The zero-order valence-corrected chi connectivity index (χ0v) is 39.0. The second kappa shape index (κ2) is 19.8. The number of hydrogen-bond acceptors (Lipinski definition) is 0. The molecule has 0 bridgehead atoms. The molecule has 0 saturated heterocycles. The van der Waals surface area contributed by atoms with Gasteiger partial charge in [-0.3, -0.25) is 0 Å². The van der Waals surface area contributed by atoms with Gasteiger partial charge in [0.05, 0.1) is 0 Å². The van der Waals surface area contributed by atoms with Gasteiger partial charge in [-0.1, -0.05) is 135 Å². The molecule has 0 atom stereocenters. The quantitative estimate of drug-likeness (QED) is 0.116. The summed E-state index contributed by atoms with van der Waals surface area (Å²) in [6.45, 7) is 18.0. The van der Waals surface area contributed by atoms with Crippen LogP contribution in [0.25, 0.3) is 43.8 Å². The fourth-order valence-corrected chi connectivity index (χ4v) is 9.36. The Balaban J connectivity index is 0.000000182. The molecule has 54 heavy (non-hydrogen) atoms. The maximum atomic E-state index is 4.93. The number of fused-ring (bicyclic) bond motifs is 2. The normalized spacial score (nSPS) is 15.4. The van der Waals surface area contributed by atoms with Crippen LogP contribution in [-0.4, -0.2) is 9.52 Å². The summed E-state index contributed by atoms with van der Waals surface area (Å²) in [6, 6.07) is 37.0. The van der Waals surface area contributed by atoms with Crippen LogP contribution in [0.5, 0.6) is 0 Å². The predicted octanol–water partition coefficient (Wildman–Crippen LogP) is 16.1. The topological polar surface area (TPSA) is 0 Å². The summed E-state index contributed by atoms with van der Waals surface area (Å²) in [5.74, 6) is 0. The molecule has 6 aromatic carbocycles. The van der Waals surface area contributed by atoms with Gasteiger partial charge >= 0.3 is 37.9 Å². The van der Waals surface area contributed by atoms with E-state index in [0.717, 1.165) is 9.52 Å². The van der Waals surface area contributed by atoms with Crippen molar-refractivity contribution in [3.05, 3.63) is 130 Å². The van der Waals surface area contributed by atoms with Gasteiger partial charge in [-0.2, -0.15) is 12.1 Å². The summed E-state index contributed by atoms with van der Waals surface area (Å²) in [4.78, 5) is 0. The Labute approximate surface area is 348 Å². The molecular formula is C50H60Cl2SiZr. The first-order valence-electron chi connectivity index (χ1n) is 20.0. The summed E-state index contributed by atoms with van der Waals surface area (Å²) in [5.41, 5.74) is 14.9. The molecule has 2 aliphatic carbocycles. The van der Waals surface area contributed by atoms with Gasteiger partial charge in [0.25, 0.3) is 0 Å². The number of halogens is 2. The van der Waals surface area contributed by atoms with E-state index in [1.807, 2.05) is 0 Å². The number of benzene rings is 4. The van der Waals surface area contributed by atoms with E-state index in [2.05, 4.69) is 152 Å². The molecule has 0 spiro atoms. The molecule has 2 aliphatic rings. The van der Waals surface area contributed by atoms with E-state index >= 15 is 0 Å². The molecule has 0 N–H and O–H groups in total. The fourth-order valence-electron chi connectivity index (χ4n) is 9.36. The van der Waals surface area contributed by atoms with E-state index < -0.39 is 20.8 Å². The Morgan fingerprint density at radius 3 is 1.19 bits per heavy atom. The molecule has 2 radical (unpaired) electrons. The van der Waals surface area contributed by atoms with Crippen molar-refractivity contribution >= 4 is 48.1 Å². The third-order valence-electron chi connectivity index (χ3n) is 11.6. The molecule has 6 aromatic rings. The van der Waals surface area contributed by atoms with Crippen LogP contribution in [0.3, 0.4) is 0 Å². The summed E-state index contributed by atoms with van der Waals surface area (Å²) in [7, 11) is 11.0. The van der Waals surface area contributed by atoms with Crippen LogP contribution in [0.4, 0.5) is 0 Å². The van der Waals surface area contributed by atoms with Crippen molar-refractivity contribution < 1.29 is 20.8 Å². The Morgan fingerprint density at radius 2 is 0.870 bits per heavy atom. The monoisotopic (exact) mass is 848 g/mol. The van der Waals surface area contributed by atoms with Crippen LogP contribution in [0.1, 0.15) is 98.6 Å². The van der Waals surface area contributed by atoms with Crippen molar-refractivity contribution in [3.63, 3.8) is 0 Å². The van der Waals surface area contributed by atoms with Gasteiger partial charge in [0.15, 0.2) is 0 Å². The standard InChI is InChI=1S/2C24H27.C2H6Si.2ClH.Zr/c2*1-17-11-18(2)13-21(12-17)22-8-6-7-20-14-19(15-23(20)22)16-24(3)9-4-5-10-24;1-3-2;;;/h2*6-8,11-15H,4-5,9-10,16H2,1-3H3;1-2H3;2*1H;/q2*-1;;;;+4/p-2. The number of hydrogen-bond donors (Lipinski definition) is 0. The molecule has 0 aromatic heterocycles. The molecule has 0 nitrogen and oxygen atoms in total. The van der Waals surface area contributed by atoms with Crippen molar-refractivity contribution in [2.24, 2.45) is 10.8 Å². The van der Waals surface area contributed by atoms with E-state index in [0.29, 0.717) is 10.8 Å². The third kappa shape index (κ3) is 11.4. The van der Waals surface area contributed by atoms with Crippen LogP contribution in [0, 0.1) is 38.5 Å². The molecule has 4 heteroatoms. The van der Waals surface area contributed by atoms with E-state index in [9.17, 15) is 0 Å². The Kier molecular flexibility index (Phi) is 15.7. The third-order valence-corrected chi connectivity index (χ3v) is 11.6. The average Bonchev–Trinajstić information content (AvgIpc) is 3.91. The molecule has 282 valence electrons. The summed E-state index contributed by atoms with van der Waals surface area (Å²) in [5, 5.41) is 5.62. The first kappa shape index (κ1) is 42.9. The van der Waals surface area contributed by atoms with Crippen molar-refractivity contribution in [1.82, 2.24) is 0 Å². The maximum absolute atomic E-state index is 4.93. The van der Waals surface area contributed by atoms with E-state index in [1.54, 1.807) is 0 Å². The van der Waals surface area contributed by atoms with Crippen molar-refractivity contribution in [2.75, 3.05) is 0 Å². The summed E-state index contributed by atoms with van der Waals surface area (Å²) in [6.07, 6.45) is 13.6. The van der Waals surface area contributed by atoms with Gasteiger partial charge in [-0.05, 0) is 88.2 Å². The summed E-state index contributed by atoms with van der Waals surface area (Å²) >= 11 is -0.826. The number of aryl methyl sites for hydroxylation is 4. The zero-order valence-electron chi connectivity index (χ0n) is 34.1. The second-order valence-electron chi connectivity index (χ2n) is 17.1. The van der Waals surface area contributed by atoms with Gasteiger partial charge in [-0.15, -0.1) is 69.1 Å². The molecule has 0 heterocycles. The van der Waals surface area contributed by atoms with Crippen LogP contribution in [0.2, 0.25) is 13.1 Å². The van der Waals surface area contributed by atoms with E-state index in [-0.39, 0.29) is 0 Å². The van der Waals surface area contributed by atoms with Crippen LogP contribution >= 0.6 is 17.0 Å². The van der Waals surface area contributed by atoms with Crippen molar-refractivity contribution in [2.45, 2.75) is 119 Å². The van der Waals surface area contributed by atoms with Crippen LogP contribution in [0.15, 0.2) is 97.1 Å². The van der Waals surface area contributed by atoms with E-state index in [4.69, 9.17) is 17.0 Å². The van der Waals surface area contributed by atoms with Crippen molar-refractivity contribution in [1.29, 1.82) is 0 Å². The first-order valence-corrected chi connectivity index (χ1v) is 28.3. The fraction of sp³-hybridized carbons (Fsp3) is 0.400. The Morgan fingerprint density at radius 1 is 0.556 bits per heavy atom. The molecule has 8 rings (SSSR count). The van der Waals surface area contributed by atoms with Gasteiger partial charge in [0.2, 0.25) is 0 Å². The van der Waals surface area contributed by atoms with E-state index in [1.165, 1.54) is 141 Å². The molecule has 0 aliphatic heterocycles. The average molecular weight is 851 g/mol. The van der Waals surface area contributed by atoms with Gasteiger partial charge in [0.1, 0.15) is 0 Å². The first-order chi connectivity index (χ1) is 25.9.